The summed E-state index contributed by atoms with van der Waals surface area (Å²) in [6.07, 6.45) is 0.527. The van der Waals surface area contributed by atoms with Crippen molar-refractivity contribution in [3.8, 4) is 11.5 Å². The third-order valence-electron chi connectivity index (χ3n) is 4.01. The average molecular weight is 313 g/mol. The van der Waals surface area contributed by atoms with E-state index in [9.17, 15) is 4.79 Å². The fourth-order valence-corrected chi connectivity index (χ4v) is 2.94. The molecule has 2 aromatic rings. The molecule has 1 fully saturated rings. The molecule has 0 saturated carbocycles. The summed E-state index contributed by atoms with van der Waals surface area (Å²) in [4.78, 5) is 13.9. The maximum absolute atomic E-state index is 12.0. The van der Waals surface area contributed by atoms with Gasteiger partial charge in [-0.1, -0.05) is 30.3 Å². The van der Waals surface area contributed by atoms with Gasteiger partial charge in [0.2, 0.25) is 5.91 Å². The number of thiol groups is 1. The molecule has 0 radical (unpaired) electrons. The number of para-hydroxylation sites is 1. The minimum Gasteiger partial charge on any atom is -0.457 e. The predicted octanol–water partition coefficient (Wildman–Crippen LogP) is 3.90. The summed E-state index contributed by atoms with van der Waals surface area (Å²) in [6.45, 7) is 2.68. The van der Waals surface area contributed by atoms with E-state index < -0.39 is 0 Å². The highest BCUT2D eigenvalue weighted by atomic mass is 32.1. The van der Waals surface area contributed by atoms with Gasteiger partial charge in [0.05, 0.1) is 0 Å². The minimum atomic E-state index is 0.133. The van der Waals surface area contributed by atoms with E-state index in [0.29, 0.717) is 13.0 Å². The van der Waals surface area contributed by atoms with E-state index in [4.69, 9.17) is 4.74 Å². The van der Waals surface area contributed by atoms with Crippen molar-refractivity contribution >= 4 is 18.5 Å². The van der Waals surface area contributed by atoms with Crippen LogP contribution in [0.1, 0.15) is 18.9 Å². The normalized spacial score (nSPS) is 21.2. The maximum atomic E-state index is 12.0. The van der Waals surface area contributed by atoms with Crippen LogP contribution in [0.2, 0.25) is 0 Å². The van der Waals surface area contributed by atoms with Crippen molar-refractivity contribution in [2.45, 2.75) is 31.2 Å². The van der Waals surface area contributed by atoms with Gasteiger partial charge in [-0.15, -0.1) is 0 Å². The minimum absolute atomic E-state index is 0.133. The lowest BCUT2D eigenvalue weighted by atomic mass is 10.2. The first-order valence-corrected chi connectivity index (χ1v) is 7.94. The van der Waals surface area contributed by atoms with Crippen molar-refractivity contribution in [1.29, 1.82) is 0 Å². The molecule has 2 atom stereocenters. The fourth-order valence-electron chi connectivity index (χ4n) is 2.62. The van der Waals surface area contributed by atoms with Crippen molar-refractivity contribution in [2.75, 3.05) is 0 Å². The van der Waals surface area contributed by atoms with Crippen LogP contribution in [0.4, 0.5) is 0 Å². The Morgan fingerprint density at radius 2 is 1.73 bits per heavy atom. The number of likely N-dealkylation sites (tertiary alicyclic amines) is 1. The van der Waals surface area contributed by atoms with E-state index >= 15 is 0 Å². The Hall–Kier alpha value is -1.94. The molecule has 1 amide bonds. The number of hydrogen-bond donors (Lipinski definition) is 1. The number of amides is 1. The third-order valence-corrected chi connectivity index (χ3v) is 4.62. The van der Waals surface area contributed by atoms with Gasteiger partial charge in [-0.3, -0.25) is 4.79 Å². The molecule has 3 nitrogen and oxygen atoms in total. The van der Waals surface area contributed by atoms with Crippen LogP contribution in [-0.2, 0) is 11.3 Å². The lowest BCUT2D eigenvalue weighted by Crippen LogP contribution is -2.32. The van der Waals surface area contributed by atoms with Crippen molar-refractivity contribution in [1.82, 2.24) is 4.90 Å². The molecule has 1 heterocycles. The van der Waals surface area contributed by atoms with Gasteiger partial charge in [-0.2, -0.15) is 12.6 Å². The molecule has 1 saturated heterocycles. The van der Waals surface area contributed by atoms with Gasteiger partial charge in [-0.05, 0) is 36.8 Å². The zero-order chi connectivity index (χ0) is 15.5. The van der Waals surface area contributed by atoms with Gasteiger partial charge in [0.25, 0.3) is 0 Å². The van der Waals surface area contributed by atoms with Crippen LogP contribution in [0.15, 0.2) is 54.6 Å². The van der Waals surface area contributed by atoms with E-state index in [1.54, 1.807) is 0 Å². The number of carbonyl (C=O) groups excluding carboxylic acids is 1. The van der Waals surface area contributed by atoms with Crippen LogP contribution in [0, 0.1) is 0 Å². The first kappa shape index (κ1) is 15.0. The molecule has 22 heavy (non-hydrogen) atoms. The molecule has 1 aliphatic rings. The summed E-state index contributed by atoms with van der Waals surface area (Å²) < 4.78 is 5.77. The molecular formula is C18H19NO2S. The molecule has 114 valence electrons. The molecule has 0 bridgehead atoms. The maximum Gasteiger partial charge on any atom is 0.224 e. The molecule has 0 unspecified atom stereocenters. The van der Waals surface area contributed by atoms with Gasteiger partial charge in [0.1, 0.15) is 11.5 Å². The number of carbonyl (C=O) groups is 1. The summed E-state index contributed by atoms with van der Waals surface area (Å²) in [5.74, 6) is 1.79. The van der Waals surface area contributed by atoms with Crippen LogP contribution in [0.5, 0.6) is 11.5 Å². The lowest BCUT2D eigenvalue weighted by molar-refractivity contribution is -0.129. The number of nitrogens with zero attached hydrogens (tertiary/aromatic N) is 1. The largest absolute Gasteiger partial charge is 0.457 e. The number of hydrogen-bond acceptors (Lipinski definition) is 3. The zero-order valence-electron chi connectivity index (χ0n) is 12.5. The molecule has 1 aliphatic heterocycles. The second-order valence-electron chi connectivity index (χ2n) is 5.59. The second-order valence-corrected chi connectivity index (χ2v) is 6.26. The second kappa shape index (κ2) is 6.44. The topological polar surface area (TPSA) is 29.5 Å². The molecule has 0 aliphatic carbocycles. The standard InChI is InChI=1S/C18H19NO2S/c1-13-17(22)11-18(20)19(13)12-14-7-9-16(10-8-14)21-15-5-3-2-4-6-15/h2-10,13,17,22H,11-12H2,1H3/t13-,17+/m0/s1. The summed E-state index contributed by atoms with van der Waals surface area (Å²) in [7, 11) is 0. The predicted molar refractivity (Wildman–Crippen MR) is 90.4 cm³/mol. The fraction of sp³-hybridized carbons (Fsp3) is 0.278. The van der Waals surface area contributed by atoms with E-state index in [0.717, 1.165) is 17.1 Å². The van der Waals surface area contributed by atoms with Crippen molar-refractivity contribution in [3.63, 3.8) is 0 Å². The SMILES string of the molecule is C[C@H]1[C@H](S)CC(=O)N1Cc1ccc(Oc2ccccc2)cc1. The Balaban J connectivity index is 1.66. The van der Waals surface area contributed by atoms with E-state index in [-0.39, 0.29) is 17.2 Å². The molecule has 0 aromatic heterocycles. The van der Waals surface area contributed by atoms with Crippen LogP contribution >= 0.6 is 12.6 Å². The van der Waals surface area contributed by atoms with E-state index in [1.165, 1.54) is 0 Å². The molecule has 0 spiro atoms. The third kappa shape index (κ3) is 3.28. The first-order chi connectivity index (χ1) is 10.6. The quantitative estimate of drug-likeness (QED) is 0.868. The van der Waals surface area contributed by atoms with Crippen LogP contribution < -0.4 is 4.74 Å². The Morgan fingerprint density at radius 1 is 1.09 bits per heavy atom. The van der Waals surface area contributed by atoms with E-state index in [2.05, 4.69) is 19.6 Å². The Morgan fingerprint density at radius 3 is 2.32 bits per heavy atom. The Bertz CT molecular complexity index is 642. The Labute approximate surface area is 136 Å². The number of ether oxygens (including phenoxy) is 1. The van der Waals surface area contributed by atoms with Crippen LogP contribution in [-0.4, -0.2) is 22.1 Å². The van der Waals surface area contributed by atoms with Gasteiger partial charge < -0.3 is 9.64 Å². The van der Waals surface area contributed by atoms with Gasteiger partial charge in [0.15, 0.2) is 0 Å². The van der Waals surface area contributed by atoms with Gasteiger partial charge in [0, 0.05) is 24.3 Å². The smallest absolute Gasteiger partial charge is 0.224 e. The number of benzene rings is 2. The van der Waals surface area contributed by atoms with Crippen LogP contribution in [0.25, 0.3) is 0 Å². The number of rotatable bonds is 4. The summed E-state index contributed by atoms with van der Waals surface area (Å²) in [5, 5.41) is 0.133. The van der Waals surface area contributed by atoms with Gasteiger partial charge in [-0.25, -0.2) is 0 Å². The van der Waals surface area contributed by atoms with Crippen LogP contribution in [0.3, 0.4) is 0 Å². The molecule has 4 heteroatoms. The summed E-state index contributed by atoms with van der Waals surface area (Å²) >= 11 is 4.46. The zero-order valence-corrected chi connectivity index (χ0v) is 13.4. The molecule has 3 rings (SSSR count). The molecule has 0 N–H and O–H groups in total. The highest BCUT2D eigenvalue weighted by Crippen LogP contribution is 2.26. The Kier molecular flexibility index (Phi) is 4.39. The monoisotopic (exact) mass is 313 g/mol. The highest BCUT2D eigenvalue weighted by molar-refractivity contribution is 7.81. The van der Waals surface area contributed by atoms with E-state index in [1.807, 2.05) is 59.5 Å². The van der Waals surface area contributed by atoms with Gasteiger partial charge >= 0.3 is 0 Å². The van der Waals surface area contributed by atoms with Crippen molar-refractivity contribution in [3.05, 3.63) is 60.2 Å². The summed E-state index contributed by atoms with van der Waals surface area (Å²) in [5.41, 5.74) is 1.10. The highest BCUT2D eigenvalue weighted by Gasteiger charge is 2.34. The molecular weight excluding hydrogens is 294 g/mol. The lowest BCUT2D eigenvalue weighted by Gasteiger charge is -2.23. The average Bonchev–Trinajstić information content (AvgIpc) is 2.77. The van der Waals surface area contributed by atoms with Crippen molar-refractivity contribution in [2.24, 2.45) is 0 Å². The first-order valence-electron chi connectivity index (χ1n) is 7.43. The molecule has 2 aromatic carbocycles. The summed E-state index contributed by atoms with van der Waals surface area (Å²) in [6, 6.07) is 17.7. The van der Waals surface area contributed by atoms with Crippen molar-refractivity contribution < 1.29 is 9.53 Å².